The molecule has 6 heteroatoms. The van der Waals surface area contributed by atoms with Crippen LogP contribution in [-0.2, 0) is 4.79 Å². The van der Waals surface area contributed by atoms with Crippen LogP contribution in [-0.4, -0.2) is 54.2 Å². The molecule has 1 atom stereocenters. The molecule has 1 aliphatic heterocycles. The van der Waals surface area contributed by atoms with E-state index in [-0.39, 0.29) is 12.5 Å². The lowest BCUT2D eigenvalue weighted by Crippen LogP contribution is -2.51. The number of rotatable bonds is 8. The van der Waals surface area contributed by atoms with E-state index in [0.29, 0.717) is 31.5 Å². The molecule has 128 valence electrons. The lowest BCUT2D eigenvalue weighted by atomic mass is 9.94. The Balaban J connectivity index is 2.28. The van der Waals surface area contributed by atoms with Gasteiger partial charge in [-0.25, -0.2) is 4.79 Å². The van der Waals surface area contributed by atoms with Crippen LogP contribution in [0.25, 0.3) is 0 Å². The van der Waals surface area contributed by atoms with Crippen LogP contribution < -0.4 is 10.6 Å². The zero-order valence-corrected chi connectivity index (χ0v) is 14.1. The van der Waals surface area contributed by atoms with E-state index in [4.69, 9.17) is 5.11 Å². The molecule has 1 aliphatic rings. The van der Waals surface area contributed by atoms with Gasteiger partial charge in [-0.15, -0.1) is 0 Å². The standard InChI is InChI=1S/C16H31N3O3/c1-12(2)14(19-9-6-13(3)7-10-19)11-18-16(22)17-8-4-5-15(20)21/h12-14H,4-11H2,1-3H3,(H,20,21)(H2,17,18,22). The number of carbonyl (C=O) groups is 2. The zero-order valence-electron chi connectivity index (χ0n) is 14.1. The highest BCUT2D eigenvalue weighted by molar-refractivity contribution is 5.74. The van der Waals surface area contributed by atoms with Crippen LogP contribution in [0.15, 0.2) is 0 Å². The normalized spacial score (nSPS) is 18.2. The topological polar surface area (TPSA) is 81.7 Å². The molecule has 0 bridgehead atoms. The molecule has 2 amide bonds. The van der Waals surface area contributed by atoms with Crippen molar-refractivity contribution in [3.63, 3.8) is 0 Å². The van der Waals surface area contributed by atoms with E-state index in [1.807, 2.05) is 0 Å². The predicted molar refractivity (Wildman–Crippen MR) is 86.9 cm³/mol. The summed E-state index contributed by atoms with van der Waals surface area (Å²) in [6, 6.07) is 0.152. The fraction of sp³-hybridized carbons (Fsp3) is 0.875. The molecule has 0 aromatic heterocycles. The second-order valence-electron chi connectivity index (χ2n) is 6.66. The molecule has 0 aromatic rings. The van der Waals surface area contributed by atoms with Crippen molar-refractivity contribution in [3.8, 4) is 0 Å². The number of nitrogens with zero attached hydrogens (tertiary/aromatic N) is 1. The third kappa shape index (κ3) is 7.11. The van der Waals surface area contributed by atoms with Crippen LogP contribution in [0.3, 0.4) is 0 Å². The maximum Gasteiger partial charge on any atom is 0.314 e. The summed E-state index contributed by atoms with van der Waals surface area (Å²) in [4.78, 5) is 24.6. The number of carboxylic acid groups (broad SMARTS) is 1. The molecule has 0 spiro atoms. The number of carboxylic acids is 1. The smallest absolute Gasteiger partial charge is 0.314 e. The van der Waals surface area contributed by atoms with Gasteiger partial charge in [-0.05, 0) is 44.2 Å². The van der Waals surface area contributed by atoms with Crippen molar-refractivity contribution in [1.29, 1.82) is 0 Å². The Hall–Kier alpha value is -1.30. The highest BCUT2D eigenvalue weighted by atomic mass is 16.4. The van der Waals surface area contributed by atoms with Crippen molar-refractivity contribution in [1.82, 2.24) is 15.5 Å². The Morgan fingerprint density at radius 2 is 1.86 bits per heavy atom. The third-order valence-corrected chi connectivity index (χ3v) is 4.38. The molecule has 0 saturated carbocycles. The maximum atomic E-state index is 11.8. The SMILES string of the molecule is CC1CCN(C(CNC(=O)NCCCC(=O)O)C(C)C)CC1. The van der Waals surface area contributed by atoms with E-state index in [9.17, 15) is 9.59 Å². The Bertz CT molecular complexity index is 353. The van der Waals surface area contributed by atoms with Crippen molar-refractivity contribution in [3.05, 3.63) is 0 Å². The minimum atomic E-state index is -0.832. The number of hydrogen-bond acceptors (Lipinski definition) is 3. The zero-order chi connectivity index (χ0) is 16.5. The van der Waals surface area contributed by atoms with Crippen LogP contribution in [0.5, 0.6) is 0 Å². The molecule has 1 fully saturated rings. The summed E-state index contributed by atoms with van der Waals surface area (Å²) < 4.78 is 0. The van der Waals surface area contributed by atoms with Gasteiger partial charge in [0.05, 0.1) is 0 Å². The van der Waals surface area contributed by atoms with Crippen molar-refractivity contribution < 1.29 is 14.7 Å². The summed E-state index contributed by atoms with van der Waals surface area (Å²) in [5.41, 5.74) is 0. The first-order valence-electron chi connectivity index (χ1n) is 8.37. The molecule has 3 N–H and O–H groups in total. The summed E-state index contributed by atoms with van der Waals surface area (Å²) >= 11 is 0. The van der Waals surface area contributed by atoms with E-state index < -0.39 is 5.97 Å². The summed E-state index contributed by atoms with van der Waals surface area (Å²) in [5, 5.41) is 14.2. The largest absolute Gasteiger partial charge is 0.481 e. The quantitative estimate of drug-likeness (QED) is 0.598. The number of nitrogens with one attached hydrogen (secondary N) is 2. The number of likely N-dealkylation sites (tertiary alicyclic amines) is 1. The Labute approximate surface area is 133 Å². The highest BCUT2D eigenvalue weighted by Gasteiger charge is 2.25. The number of carbonyl (C=O) groups excluding carboxylic acids is 1. The molecular weight excluding hydrogens is 282 g/mol. The van der Waals surface area contributed by atoms with Crippen molar-refractivity contribution in [2.75, 3.05) is 26.2 Å². The molecule has 1 unspecified atom stereocenters. The summed E-state index contributed by atoms with van der Waals surface area (Å²) in [6.45, 7) is 9.91. The molecule has 0 aromatic carbocycles. The predicted octanol–water partition coefficient (Wildman–Crippen LogP) is 1.91. The van der Waals surface area contributed by atoms with Gasteiger partial charge in [0, 0.05) is 25.6 Å². The van der Waals surface area contributed by atoms with Crippen molar-refractivity contribution in [2.45, 2.75) is 52.5 Å². The Kier molecular flexibility index (Phi) is 8.24. The van der Waals surface area contributed by atoms with Crippen LogP contribution >= 0.6 is 0 Å². The number of hydrogen-bond donors (Lipinski definition) is 3. The van der Waals surface area contributed by atoms with Gasteiger partial charge in [0.1, 0.15) is 0 Å². The maximum absolute atomic E-state index is 11.8. The van der Waals surface area contributed by atoms with Gasteiger partial charge in [-0.1, -0.05) is 20.8 Å². The molecule has 0 radical (unpaired) electrons. The van der Waals surface area contributed by atoms with E-state index >= 15 is 0 Å². The van der Waals surface area contributed by atoms with E-state index in [2.05, 4.69) is 36.3 Å². The molecule has 1 rings (SSSR count). The number of piperidine rings is 1. The van der Waals surface area contributed by atoms with Gasteiger partial charge >= 0.3 is 12.0 Å². The molecule has 22 heavy (non-hydrogen) atoms. The summed E-state index contributed by atoms with van der Waals surface area (Å²) in [7, 11) is 0. The van der Waals surface area contributed by atoms with E-state index in [1.54, 1.807) is 0 Å². The van der Waals surface area contributed by atoms with Gasteiger partial charge in [-0.2, -0.15) is 0 Å². The number of amides is 2. The minimum absolute atomic E-state index is 0.0842. The first-order valence-corrected chi connectivity index (χ1v) is 8.37. The van der Waals surface area contributed by atoms with Crippen molar-refractivity contribution >= 4 is 12.0 Å². The molecule has 1 heterocycles. The average Bonchev–Trinajstić information content (AvgIpc) is 2.45. The van der Waals surface area contributed by atoms with Gasteiger partial charge in [0.2, 0.25) is 0 Å². The van der Waals surface area contributed by atoms with Crippen LogP contribution in [0.1, 0.15) is 46.5 Å². The lowest BCUT2D eigenvalue weighted by molar-refractivity contribution is -0.137. The highest BCUT2D eigenvalue weighted by Crippen LogP contribution is 2.20. The lowest BCUT2D eigenvalue weighted by Gasteiger charge is -2.38. The van der Waals surface area contributed by atoms with Crippen LogP contribution in [0, 0.1) is 11.8 Å². The first kappa shape index (κ1) is 18.7. The second kappa shape index (κ2) is 9.66. The summed E-state index contributed by atoms with van der Waals surface area (Å²) in [6.07, 6.45) is 3.00. The van der Waals surface area contributed by atoms with E-state index in [1.165, 1.54) is 12.8 Å². The van der Waals surface area contributed by atoms with Gasteiger partial charge in [0.15, 0.2) is 0 Å². The molecule has 1 saturated heterocycles. The molecule has 0 aliphatic carbocycles. The molecule has 6 nitrogen and oxygen atoms in total. The van der Waals surface area contributed by atoms with E-state index in [0.717, 1.165) is 19.0 Å². The second-order valence-corrected chi connectivity index (χ2v) is 6.66. The third-order valence-electron chi connectivity index (χ3n) is 4.38. The van der Waals surface area contributed by atoms with Crippen LogP contribution in [0.2, 0.25) is 0 Å². The van der Waals surface area contributed by atoms with Crippen molar-refractivity contribution in [2.24, 2.45) is 11.8 Å². The van der Waals surface area contributed by atoms with Crippen LogP contribution in [0.4, 0.5) is 4.79 Å². The van der Waals surface area contributed by atoms with Gasteiger partial charge < -0.3 is 15.7 Å². The van der Waals surface area contributed by atoms with Gasteiger partial charge in [0.25, 0.3) is 0 Å². The first-order chi connectivity index (χ1) is 10.4. The number of aliphatic carboxylic acids is 1. The number of urea groups is 1. The minimum Gasteiger partial charge on any atom is -0.481 e. The average molecular weight is 313 g/mol. The summed E-state index contributed by atoms with van der Waals surface area (Å²) in [5.74, 6) is 0.455. The van der Waals surface area contributed by atoms with Gasteiger partial charge in [-0.3, -0.25) is 9.69 Å². The molecular formula is C16H31N3O3. The monoisotopic (exact) mass is 313 g/mol. The fourth-order valence-corrected chi connectivity index (χ4v) is 2.85. The Morgan fingerprint density at radius 1 is 1.23 bits per heavy atom. The Morgan fingerprint density at radius 3 is 2.41 bits per heavy atom. The fourth-order valence-electron chi connectivity index (χ4n) is 2.85.